The molecular weight excluding hydrogens is 580 g/mol. The van der Waals surface area contributed by atoms with Crippen LogP contribution in [0.3, 0.4) is 0 Å². The Labute approximate surface area is 277 Å². The highest BCUT2D eigenvalue weighted by atomic mass is 35.5. The number of ketones is 1. The average molecular weight is 635 g/mol. The van der Waals surface area contributed by atoms with E-state index in [1.54, 1.807) is 7.11 Å². The van der Waals surface area contributed by atoms with E-state index in [0.717, 1.165) is 29.8 Å². The molecule has 246 valence electrons. The van der Waals surface area contributed by atoms with Crippen LogP contribution in [0.4, 0.5) is 0 Å². The van der Waals surface area contributed by atoms with Crippen LogP contribution < -0.4 is 15.4 Å². The van der Waals surface area contributed by atoms with Crippen LogP contribution >= 0.6 is 11.6 Å². The standard InChI is InChI=1S/C39H55ClN2O3/c1-11-31(12-2)34-22-33(34)27(7)32-15-13-14-26(6)42-36(20-30-16-17-38(44-10)35(40)19-30)28(8)41-23-25(5)29(9)45-39(18-24(3)4)37(43)21-32/h11-14,16-17,19,24-25,27,32-34,36,39,41-42H,1,6,8-9,15,18,20-23H2,2-5,7,10H3/b14-13+,31-12+/t25?,27?,32-,33?,34+,36-,39?/m1/s1. The van der Waals surface area contributed by atoms with Crippen molar-refractivity contribution in [3.05, 3.63) is 102 Å². The molecule has 0 aromatic heterocycles. The van der Waals surface area contributed by atoms with Crippen LogP contribution in [-0.4, -0.2) is 31.6 Å². The number of methoxy groups -OCH3 is 1. The third kappa shape index (κ3) is 10.4. The maximum Gasteiger partial charge on any atom is 0.173 e. The number of benzene rings is 1. The second-order valence-corrected chi connectivity index (χ2v) is 13.7. The van der Waals surface area contributed by atoms with Crippen LogP contribution in [0.1, 0.15) is 65.9 Å². The van der Waals surface area contributed by atoms with Gasteiger partial charge in [-0.15, -0.1) is 0 Å². The maximum absolute atomic E-state index is 13.9. The second kappa shape index (κ2) is 16.9. The summed E-state index contributed by atoms with van der Waals surface area (Å²) in [5.41, 5.74) is 3.98. The number of nitrogens with one attached hydrogen (secondary N) is 2. The van der Waals surface area contributed by atoms with Gasteiger partial charge in [0.1, 0.15) is 5.75 Å². The van der Waals surface area contributed by atoms with Gasteiger partial charge in [-0.2, -0.15) is 0 Å². The highest BCUT2D eigenvalue weighted by Gasteiger charge is 2.45. The Hall–Kier alpha value is -3.18. The third-order valence-electron chi connectivity index (χ3n) is 9.44. The van der Waals surface area contributed by atoms with Gasteiger partial charge in [0.15, 0.2) is 11.9 Å². The fourth-order valence-electron chi connectivity index (χ4n) is 6.37. The molecule has 1 heterocycles. The van der Waals surface area contributed by atoms with Crippen molar-refractivity contribution in [3.8, 4) is 5.75 Å². The average Bonchev–Trinajstić information content (AvgIpc) is 3.78. The van der Waals surface area contributed by atoms with E-state index in [9.17, 15) is 4.79 Å². The summed E-state index contributed by atoms with van der Waals surface area (Å²) >= 11 is 6.45. The Kier molecular flexibility index (Phi) is 13.7. The monoisotopic (exact) mass is 634 g/mol. The second-order valence-electron chi connectivity index (χ2n) is 13.3. The number of allylic oxidation sites excluding steroid dienone is 5. The topological polar surface area (TPSA) is 59.6 Å². The predicted molar refractivity (Wildman–Crippen MR) is 189 cm³/mol. The molecule has 0 saturated heterocycles. The van der Waals surface area contributed by atoms with Gasteiger partial charge >= 0.3 is 0 Å². The van der Waals surface area contributed by atoms with E-state index in [0.29, 0.717) is 66.0 Å². The minimum Gasteiger partial charge on any atom is -0.495 e. The lowest BCUT2D eigenvalue weighted by Gasteiger charge is -2.29. The van der Waals surface area contributed by atoms with Crippen LogP contribution in [0, 0.1) is 35.5 Å². The molecule has 1 aliphatic carbocycles. The van der Waals surface area contributed by atoms with E-state index in [1.807, 2.05) is 30.4 Å². The van der Waals surface area contributed by atoms with Gasteiger partial charge < -0.3 is 20.1 Å². The highest BCUT2D eigenvalue weighted by Crippen LogP contribution is 2.52. The van der Waals surface area contributed by atoms with Crippen molar-refractivity contribution in [1.82, 2.24) is 10.6 Å². The number of Topliss-reactive ketones (excluding diaryl/α,β-unsaturated/α-hetero) is 1. The zero-order chi connectivity index (χ0) is 33.3. The first kappa shape index (κ1) is 36.3. The lowest BCUT2D eigenvalue weighted by Crippen LogP contribution is -2.39. The van der Waals surface area contributed by atoms with E-state index in [1.165, 1.54) is 5.57 Å². The van der Waals surface area contributed by atoms with Gasteiger partial charge in [-0.05, 0) is 91.5 Å². The molecule has 1 saturated carbocycles. The molecule has 6 heteroatoms. The Morgan fingerprint density at radius 1 is 1.22 bits per heavy atom. The molecule has 0 spiro atoms. The summed E-state index contributed by atoms with van der Waals surface area (Å²) in [4.78, 5) is 13.9. The fourth-order valence-corrected chi connectivity index (χ4v) is 6.65. The van der Waals surface area contributed by atoms with Gasteiger partial charge in [0.05, 0.1) is 23.9 Å². The summed E-state index contributed by atoms with van der Waals surface area (Å²) in [6.45, 7) is 28.3. The Morgan fingerprint density at radius 2 is 1.96 bits per heavy atom. The largest absolute Gasteiger partial charge is 0.495 e. The first-order chi connectivity index (χ1) is 21.4. The molecule has 7 atom stereocenters. The number of carbonyl (C=O) groups is 1. The first-order valence-corrected chi connectivity index (χ1v) is 16.8. The molecule has 2 aliphatic rings. The number of carbonyl (C=O) groups excluding carboxylic acids is 1. The van der Waals surface area contributed by atoms with Crippen LogP contribution in [0.2, 0.25) is 5.02 Å². The number of halogens is 1. The molecule has 5 nitrogen and oxygen atoms in total. The quantitative estimate of drug-likeness (QED) is 0.266. The minimum absolute atomic E-state index is 0.0311. The van der Waals surface area contributed by atoms with Crippen molar-refractivity contribution in [3.63, 3.8) is 0 Å². The molecule has 0 bridgehead atoms. The third-order valence-corrected chi connectivity index (χ3v) is 9.73. The van der Waals surface area contributed by atoms with Crippen molar-refractivity contribution >= 4 is 17.4 Å². The van der Waals surface area contributed by atoms with Crippen molar-refractivity contribution < 1.29 is 14.3 Å². The normalized spacial score (nSPS) is 28.5. The van der Waals surface area contributed by atoms with E-state index < -0.39 is 6.10 Å². The number of rotatable bonds is 9. The van der Waals surface area contributed by atoms with Crippen LogP contribution in [0.25, 0.3) is 0 Å². The van der Waals surface area contributed by atoms with E-state index in [2.05, 4.69) is 83.7 Å². The number of hydrogen-bond acceptors (Lipinski definition) is 5. The lowest BCUT2D eigenvalue weighted by molar-refractivity contribution is -0.131. The molecule has 1 aliphatic heterocycles. The first-order valence-electron chi connectivity index (χ1n) is 16.4. The smallest absolute Gasteiger partial charge is 0.173 e. The summed E-state index contributed by atoms with van der Waals surface area (Å²) in [5.74, 6) is 3.33. The summed E-state index contributed by atoms with van der Waals surface area (Å²) in [6, 6.07) is 5.69. The van der Waals surface area contributed by atoms with Crippen molar-refractivity contribution in [2.24, 2.45) is 35.5 Å². The number of hydrogen-bond donors (Lipinski definition) is 2. The van der Waals surface area contributed by atoms with Gasteiger partial charge in [0, 0.05) is 30.3 Å². The molecular formula is C39H55ClN2O3. The molecule has 1 aromatic rings. The van der Waals surface area contributed by atoms with E-state index in [4.69, 9.17) is 21.1 Å². The van der Waals surface area contributed by atoms with Crippen LogP contribution in [-0.2, 0) is 16.0 Å². The van der Waals surface area contributed by atoms with Crippen LogP contribution in [0.15, 0.2) is 91.5 Å². The Bertz CT molecular complexity index is 1290. The summed E-state index contributed by atoms with van der Waals surface area (Å²) in [6.07, 6.45) is 11.6. The van der Waals surface area contributed by atoms with Gasteiger partial charge in [-0.25, -0.2) is 0 Å². The molecule has 0 amide bonds. The van der Waals surface area contributed by atoms with Crippen molar-refractivity contribution in [1.29, 1.82) is 0 Å². The SMILES string of the molecule is C=C/C(=C\C)[C@@H]1CC1C(C)[C@@H]1C/C=C/C(=C)N[C@H](Cc2ccc(OC)c(Cl)c2)C(=C)NCC(C)C(=C)OC(CC(C)C)C(=O)C1. The number of ether oxygens (including phenoxy) is 2. The van der Waals surface area contributed by atoms with Gasteiger partial charge in [0.25, 0.3) is 0 Å². The van der Waals surface area contributed by atoms with Gasteiger partial charge in [-0.3, -0.25) is 4.79 Å². The molecule has 45 heavy (non-hydrogen) atoms. The zero-order valence-corrected chi connectivity index (χ0v) is 29.1. The molecule has 3 rings (SSSR count). The van der Waals surface area contributed by atoms with E-state index >= 15 is 0 Å². The predicted octanol–water partition coefficient (Wildman–Crippen LogP) is 8.99. The zero-order valence-electron chi connectivity index (χ0n) is 28.3. The van der Waals surface area contributed by atoms with Crippen molar-refractivity contribution in [2.45, 2.75) is 78.9 Å². The molecule has 1 fully saturated rings. The maximum atomic E-state index is 13.9. The Morgan fingerprint density at radius 3 is 2.58 bits per heavy atom. The molecule has 1 aromatic carbocycles. The minimum atomic E-state index is -0.506. The summed E-state index contributed by atoms with van der Waals surface area (Å²) in [7, 11) is 1.61. The summed E-state index contributed by atoms with van der Waals surface area (Å²) in [5, 5.41) is 7.62. The highest BCUT2D eigenvalue weighted by molar-refractivity contribution is 6.32. The van der Waals surface area contributed by atoms with Gasteiger partial charge in [-0.1, -0.05) is 89.9 Å². The fraction of sp³-hybridized carbons (Fsp3) is 0.513. The molecule has 0 radical (unpaired) electrons. The molecule has 2 N–H and O–H groups in total. The van der Waals surface area contributed by atoms with E-state index in [-0.39, 0.29) is 23.7 Å². The Balaban J connectivity index is 1.89. The van der Waals surface area contributed by atoms with Crippen LogP contribution in [0.5, 0.6) is 5.75 Å². The summed E-state index contributed by atoms with van der Waals surface area (Å²) < 4.78 is 11.7. The van der Waals surface area contributed by atoms with Gasteiger partial charge in [0.2, 0.25) is 0 Å². The lowest BCUT2D eigenvalue weighted by atomic mass is 9.81. The molecule has 4 unspecified atom stereocenters. The van der Waals surface area contributed by atoms with Crippen molar-refractivity contribution in [2.75, 3.05) is 13.7 Å².